The molecule has 2 amide bonds. The lowest BCUT2D eigenvalue weighted by Crippen LogP contribution is -2.42. The smallest absolute Gasteiger partial charge is 0.417 e. The van der Waals surface area contributed by atoms with E-state index in [2.05, 4.69) is 10.6 Å². The first kappa shape index (κ1) is 38.0. The number of nitrogens with one attached hydrogen (secondary N) is 2. The van der Waals surface area contributed by atoms with Crippen molar-refractivity contribution in [3.8, 4) is 11.5 Å². The molecule has 1 aliphatic carbocycles. The van der Waals surface area contributed by atoms with Crippen molar-refractivity contribution in [3.05, 3.63) is 74.8 Å². The van der Waals surface area contributed by atoms with Crippen molar-refractivity contribution >= 4 is 40.7 Å². The fraction of sp³-hybridized carbons (Fsp3) is 0.419. The van der Waals surface area contributed by atoms with Crippen LogP contribution in [0.2, 0.25) is 5.02 Å². The largest absolute Gasteiger partial charge is 0.491 e. The molecule has 0 bridgehead atoms. The van der Waals surface area contributed by atoms with Gasteiger partial charge in [0.2, 0.25) is 0 Å². The monoisotopic (exact) mass is 710 g/mol. The number of benzene rings is 2. The summed E-state index contributed by atoms with van der Waals surface area (Å²) < 4.78 is 93.3. The second kappa shape index (κ2) is 15.6. The average molecular weight is 712 g/mol. The quantitative estimate of drug-likeness (QED) is 0.235. The van der Waals surface area contributed by atoms with Gasteiger partial charge < -0.3 is 29.9 Å². The van der Waals surface area contributed by atoms with Gasteiger partial charge in [0.1, 0.15) is 30.3 Å². The Balaban J connectivity index is 2.06. The fourth-order valence-corrected chi connectivity index (χ4v) is 5.08. The predicted octanol–water partition coefficient (Wildman–Crippen LogP) is 6.85. The maximum absolute atomic E-state index is 13.8. The van der Waals surface area contributed by atoms with E-state index in [0.717, 1.165) is 12.1 Å². The SMILES string of the molecule is CC1C(C(F)(F)F)=C(Cl)C=CC1NC(=O)c1c(OCCN(C)C)cc(C(=O)Nc2ccc(Cl)c(C(F)(F)F)c2)cc1OCCN(C)C. The third-order valence-corrected chi connectivity index (χ3v) is 7.64. The van der Waals surface area contributed by atoms with Gasteiger partial charge in [0.05, 0.1) is 22.2 Å². The molecule has 0 fully saturated rings. The Morgan fingerprint density at radius 2 is 1.40 bits per heavy atom. The zero-order valence-electron chi connectivity index (χ0n) is 26.1. The van der Waals surface area contributed by atoms with Crippen molar-refractivity contribution in [3.63, 3.8) is 0 Å². The summed E-state index contributed by atoms with van der Waals surface area (Å²) in [5.74, 6) is -3.24. The van der Waals surface area contributed by atoms with Gasteiger partial charge in [-0.1, -0.05) is 36.2 Å². The van der Waals surface area contributed by atoms with Crippen molar-refractivity contribution < 1.29 is 45.4 Å². The highest BCUT2D eigenvalue weighted by Crippen LogP contribution is 2.41. The summed E-state index contributed by atoms with van der Waals surface area (Å²) in [6, 6.07) is 4.15. The molecule has 0 saturated carbocycles. The molecule has 0 aliphatic heterocycles. The Labute approximate surface area is 278 Å². The number of nitrogens with zero attached hydrogens (tertiary/aromatic N) is 2. The number of rotatable bonds is 12. The van der Waals surface area contributed by atoms with Crippen LogP contribution in [0.3, 0.4) is 0 Å². The number of likely N-dealkylation sites (N-methyl/N-ethyl adjacent to an activating group) is 2. The maximum atomic E-state index is 13.8. The molecule has 47 heavy (non-hydrogen) atoms. The Bertz CT molecular complexity index is 1490. The van der Waals surface area contributed by atoms with E-state index in [4.69, 9.17) is 32.7 Å². The minimum Gasteiger partial charge on any atom is -0.491 e. The first-order chi connectivity index (χ1) is 21.8. The highest BCUT2D eigenvalue weighted by molar-refractivity contribution is 6.32. The lowest BCUT2D eigenvalue weighted by atomic mass is 9.88. The van der Waals surface area contributed by atoms with E-state index in [1.54, 1.807) is 38.0 Å². The molecular weight excluding hydrogens is 677 g/mol. The van der Waals surface area contributed by atoms with Crippen molar-refractivity contribution in [2.24, 2.45) is 5.92 Å². The molecule has 2 N–H and O–H groups in total. The van der Waals surface area contributed by atoms with Gasteiger partial charge in [-0.05, 0) is 64.6 Å². The summed E-state index contributed by atoms with van der Waals surface area (Å²) >= 11 is 11.6. The summed E-state index contributed by atoms with van der Waals surface area (Å²) in [5, 5.41) is 3.92. The van der Waals surface area contributed by atoms with Crippen molar-refractivity contribution in [1.29, 1.82) is 0 Å². The first-order valence-electron chi connectivity index (χ1n) is 14.2. The van der Waals surface area contributed by atoms with Crippen LogP contribution >= 0.6 is 23.2 Å². The van der Waals surface area contributed by atoms with E-state index in [9.17, 15) is 35.9 Å². The van der Waals surface area contributed by atoms with Crippen LogP contribution in [0.25, 0.3) is 0 Å². The van der Waals surface area contributed by atoms with E-state index < -0.39 is 57.3 Å². The van der Waals surface area contributed by atoms with Gasteiger partial charge >= 0.3 is 12.4 Å². The van der Waals surface area contributed by atoms with Gasteiger partial charge in [-0.2, -0.15) is 26.3 Å². The molecule has 1 aliphatic rings. The van der Waals surface area contributed by atoms with Crippen molar-refractivity contribution in [2.75, 3.05) is 59.8 Å². The van der Waals surface area contributed by atoms with Gasteiger partial charge in [-0.15, -0.1) is 0 Å². The van der Waals surface area contributed by atoms with Crippen LogP contribution in [0, 0.1) is 5.92 Å². The second-order valence-electron chi connectivity index (χ2n) is 11.2. The molecule has 258 valence electrons. The van der Waals surface area contributed by atoms with Crippen LogP contribution in [-0.4, -0.2) is 88.3 Å². The molecule has 8 nitrogen and oxygen atoms in total. The number of amides is 2. The summed E-state index contributed by atoms with van der Waals surface area (Å²) in [6.07, 6.45) is -7.12. The summed E-state index contributed by atoms with van der Waals surface area (Å²) in [6.45, 7) is 2.08. The molecule has 0 saturated heterocycles. The zero-order valence-corrected chi connectivity index (χ0v) is 27.6. The number of allylic oxidation sites excluding steroid dienone is 2. The summed E-state index contributed by atoms with van der Waals surface area (Å²) in [7, 11) is 7.08. The van der Waals surface area contributed by atoms with Gasteiger partial charge in [-0.25, -0.2) is 0 Å². The Morgan fingerprint density at radius 3 is 1.89 bits per heavy atom. The third-order valence-electron chi connectivity index (χ3n) is 6.98. The molecular formula is C31H34Cl2F6N4O4. The number of halogens is 8. The molecule has 2 atom stereocenters. The lowest BCUT2D eigenvalue weighted by Gasteiger charge is -2.30. The molecule has 2 unspecified atom stereocenters. The van der Waals surface area contributed by atoms with E-state index >= 15 is 0 Å². The number of hydrogen-bond donors (Lipinski definition) is 2. The van der Waals surface area contributed by atoms with Crippen molar-refractivity contribution in [2.45, 2.75) is 25.3 Å². The standard InChI is InChI=1S/C31H34Cl2F6N4O4/c1-17-23(9-8-22(33)27(17)31(37,38)39)41-29(45)26-24(46-12-10-42(2)3)14-18(15-25(26)47-13-11-43(4)5)28(44)40-19-6-7-21(32)20(16-19)30(34,35)36/h6-9,14-17,23H,10-13H2,1-5H3,(H,40,44)(H,41,45). The molecule has 0 radical (unpaired) electrons. The molecule has 3 rings (SSSR count). The van der Waals surface area contributed by atoms with E-state index in [0.29, 0.717) is 19.2 Å². The Hall–Kier alpha value is -3.46. The number of carbonyl (C=O) groups is 2. The molecule has 2 aromatic carbocycles. The Kier molecular flexibility index (Phi) is 12.6. The number of ether oxygens (including phenoxy) is 2. The first-order valence-corrected chi connectivity index (χ1v) is 14.9. The second-order valence-corrected chi connectivity index (χ2v) is 12.0. The third kappa shape index (κ3) is 10.3. The maximum Gasteiger partial charge on any atom is 0.417 e. The molecule has 16 heteroatoms. The van der Waals surface area contributed by atoms with Gasteiger partial charge in [0.25, 0.3) is 11.8 Å². The van der Waals surface area contributed by atoms with Crippen LogP contribution in [0.1, 0.15) is 33.2 Å². The van der Waals surface area contributed by atoms with E-state index in [-0.39, 0.29) is 41.5 Å². The van der Waals surface area contributed by atoms with Gasteiger partial charge in [0.15, 0.2) is 0 Å². The summed E-state index contributed by atoms with van der Waals surface area (Å²) in [5.41, 5.74) is -2.69. The highest BCUT2D eigenvalue weighted by atomic mass is 35.5. The number of carbonyl (C=O) groups excluding carboxylic acids is 2. The van der Waals surface area contributed by atoms with Crippen LogP contribution in [0.15, 0.2) is 53.1 Å². The van der Waals surface area contributed by atoms with Crippen LogP contribution in [0.4, 0.5) is 32.0 Å². The number of hydrogen-bond acceptors (Lipinski definition) is 6. The molecule has 2 aromatic rings. The predicted molar refractivity (Wildman–Crippen MR) is 167 cm³/mol. The average Bonchev–Trinajstić information content (AvgIpc) is 2.93. The highest BCUT2D eigenvalue weighted by Gasteiger charge is 2.43. The zero-order chi connectivity index (χ0) is 35.3. The minimum absolute atomic E-state index is 0.0257. The van der Waals surface area contributed by atoms with Crippen LogP contribution < -0.4 is 20.1 Å². The normalized spacial score (nSPS) is 16.9. The number of anilines is 1. The molecule has 0 spiro atoms. The van der Waals surface area contributed by atoms with Gasteiger partial charge in [0, 0.05) is 35.3 Å². The van der Waals surface area contributed by atoms with Crippen LogP contribution in [0.5, 0.6) is 11.5 Å². The molecule has 0 aromatic heterocycles. The summed E-state index contributed by atoms with van der Waals surface area (Å²) in [4.78, 5) is 30.7. The lowest BCUT2D eigenvalue weighted by molar-refractivity contribution is -0.137. The topological polar surface area (TPSA) is 83.1 Å². The molecule has 0 heterocycles. The van der Waals surface area contributed by atoms with Crippen molar-refractivity contribution in [1.82, 2.24) is 15.1 Å². The van der Waals surface area contributed by atoms with E-state index in [1.807, 2.05) is 0 Å². The minimum atomic E-state index is -4.78. The number of alkyl halides is 6. The Morgan fingerprint density at radius 1 is 0.851 bits per heavy atom. The van der Waals surface area contributed by atoms with E-state index in [1.165, 1.54) is 31.2 Å². The van der Waals surface area contributed by atoms with Crippen LogP contribution in [-0.2, 0) is 6.18 Å². The van der Waals surface area contributed by atoms with Gasteiger partial charge in [-0.3, -0.25) is 9.59 Å². The fourth-order valence-electron chi connectivity index (χ4n) is 4.50.